The van der Waals surface area contributed by atoms with Crippen molar-refractivity contribution in [3.63, 3.8) is 0 Å². The van der Waals surface area contributed by atoms with Gasteiger partial charge in [-0.2, -0.15) is 13.2 Å². The molecule has 5 heteroatoms. The lowest BCUT2D eigenvalue weighted by Gasteiger charge is -2.59. The Kier molecular flexibility index (Phi) is 5.74. The first-order valence-corrected chi connectivity index (χ1v) is 12.1. The molecule has 2 nitrogen and oxygen atoms in total. The van der Waals surface area contributed by atoms with Gasteiger partial charge in [-0.1, -0.05) is 44.6 Å². The van der Waals surface area contributed by atoms with E-state index in [1.807, 2.05) is 13.8 Å². The van der Waals surface area contributed by atoms with Crippen LogP contribution in [0, 0.1) is 40.4 Å². The molecule has 0 amide bonds. The van der Waals surface area contributed by atoms with E-state index in [2.05, 4.69) is 19.9 Å². The highest BCUT2D eigenvalue weighted by molar-refractivity contribution is 5.27. The molecular formula is C26H39F3O2. The van der Waals surface area contributed by atoms with Gasteiger partial charge in [0.05, 0.1) is 5.60 Å². The van der Waals surface area contributed by atoms with Crippen LogP contribution in [0.4, 0.5) is 13.2 Å². The summed E-state index contributed by atoms with van der Waals surface area (Å²) in [4.78, 5) is 0. The maximum absolute atomic E-state index is 12.7. The lowest BCUT2D eigenvalue weighted by atomic mass is 9.46. The third kappa shape index (κ3) is 3.92. The van der Waals surface area contributed by atoms with Gasteiger partial charge in [0, 0.05) is 0 Å². The van der Waals surface area contributed by atoms with Crippen LogP contribution in [0.25, 0.3) is 0 Å². The minimum Gasteiger partial charge on any atom is -0.390 e. The van der Waals surface area contributed by atoms with Gasteiger partial charge < -0.3 is 10.2 Å². The fourth-order valence-electron chi connectivity index (χ4n) is 8.23. The maximum Gasteiger partial charge on any atom is 0.417 e. The van der Waals surface area contributed by atoms with Crippen LogP contribution in [0.1, 0.15) is 79.1 Å². The van der Waals surface area contributed by atoms with Crippen LogP contribution in [-0.2, 0) is 0 Å². The van der Waals surface area contributed by atoms with Crippen molar-refractivity contribution in [2.75, 3.05) is 0 Å². The first-order valence-electron chi connectivity index (χ1n) is 12.1. The molecule has 31 heavy (non-hydrogen) atoms. The van der Waals surface area contributed by atoms with Gasteiger partial charge in [-0.05, 0) is 98.7 Å². The van der Waals surface area contributed by atoms with Gasteiger partial charge >= 0.3 is 6.18 Å². The van der Waals surface area contributed by atoms with Crippen LogP contribution in [0.15, 0.2) is 23.8 Å². The SMILES string of the molecule is C[C@H](/C=C/[C@H](O)C(F)(F)F)C1CC[C@H]2[C@@H]3CC=C4C[C@@](C)(O)CCC4(C)[C@H]3CC[C@]12C. The van der Waals surface area contributed by atoms with Crippen molar-refractivity contribution in [3.05, 3.63) is 23.8 Å². The number of rotatable bonds is 3. The molecule has 0 saturated heterocycles. The number of fused-ring (bicyclic) bond motifs is 5. The first-order chi connectivity index (χ1) is 14.3. The zero-order valence-electron chi connectivity index (χ0n) is 19.4. The molecule has 0 aliphatic heterocycles. The second-order valence-corrected chi connectivity index (χ2v) is 11.9. The summed E-state index contributed by atoms with van der Waals surface area (Å²) in [6.45, 7) is 8.78. The highest BCUT2D eigenvalue weighted by atomic mass is 19.4. The van der Waals surface area contributed by atoms with Crippen molar-refractivity contribution < 1.29 is 23.4 Å². The Hall–Kier alpha value is -0.810. The molecule has 0 spiro atoms. The van der Waals surface area contributed by atoms with E-state index in [9.17, 15) is 23.4 Å². The van der Waals surface area contributed by atoms with E-state index in [1.165, 1.54) is 12.0 Å². The molecule has 3 saturated carbocycles. The standard InChI is InChI=1S/C26H39F3O2/c1-16(5-10-22(30)26(27,28)29)19-8-9-20-18-7-6-17-15-23(2,31)13-14-24(17,3)21(18)11-12-25(19,20)4/h5-6,10,16,18-22,30-31H,7-9,11-15H2,1-4H3/b10-5+/t16-,18+,19?,20+,21+,22+,23+,24?,25-/m1/s1. The molecule has 0 heterocycles. The monoisotopic (exact) mass is 440 g/mol. The molecule has 4 rings (SSSR count). The summed E-state index contributed by atoms with van der Waals surface area (Å²) < 4.78 is 38.1. The third-order valence-electron chi connectivity index (χ3n) is 10.0. The average Bonchev–Trinajstić information content (AvgIpc) is 3.02. The number of allylic oxidation sites excluding steroid dienone is 2. The first kappa shape index (κ1) is 23.4. The van der Waals surface area contributed by atoms with Gasteiger partial charge in [0.2, 0.25) is 0 Å². The number of aliphatic hydroxyl groups excluding tert-OH is 1. The molecule has 9 atom stereocenters. The van der Waals surface area contributed by atoms with E-state index in [0.717, 1.165) is 51.0 Å². The Morgan fingerprint density at radius 1 is 1.03 bits per heavy atom. The Bertz CT molecular complexity index is 754. The molecule has 176 valence electrons. The van der Waals surface area contributed by atoms with Gasteiger partial charge in [-0.3, -0.25) is 0 Å². The predicted octanol–water partition coefficient (Wildman–Crippen LogP) is 6.43. The maximum atomic E-state index is 12.7. The summed E-state index contributed by atoms with van der Waals surface area (Å²) in [6, 6.07) is 0. The van der Waals surface area contributed by atoms with Gasteiger partial charge in [0.15, 0.2) is 6.10 Å². The fourth-order valence-corrected chi connectivity index (χ4v) is 8.23. The molecule has 4 aliphatic carbocycles. The van der Waals surface area contributed by atoms with Crippen LogP contribution in [-0.4, -0.2) is 28.1 Å². The van der Waals surface area contributed by atoms with Crippen LogP contribution in [0.5, 0.6) is 0 Å². The molecule has 0 aromatic carbocycles. The normalized spacial score (nSPS) is 47.3. The van der Waals surface area contributed by atoms with Crippen LogP contribution >= 0.6 is 0 Å². The Morgan fingerprint density at radius 3 is 2.42 bits per heavy atom. The highest BCUT2D eigenvalue weighted by Crippen LogP contribution is 2.67. The van der Waals surface area contributed by atoms with Crippen molar-refractivity contribution in [3.8, 4) is 0 Å². The minimum absolute atomic E-state index is 0.0265. The van der Waals surface area contributed by atoms with Gasteiger partial charge in [0.25, 0.3) is 0 Å². The molecular weight excluding hydrogens is 401 g/mol. The molecule has 0 bridgehead atoms. The molecule has 4 aliphatic rings. The highest BCUT2D eigenvalue weighted by Gasteiger charge is 2.59. The quantitative estimate of drug-likeness (QED) is 0.496. The van der Waals surface area contributed by atoms with Crippen molar-refractivity contribution in [1.82, 2.24) is 0 Å². The smallest absolute Gasteiger partial charge is 0.390 e. The van der Waals surface area contributed by atoms with E-state index in [-0.39, 0.29) is 16.7 Å². The number of aliphatic hydroxyl groups is 2. The second-order valence-electron chi connectivity index (χ2n) is 11.9. The van der Waals surface area contributed by atoms with E-state index in [1.54, 1.807) is 6.08 Å². The van der Waals surface area contributed by atoms with Crippen LogP contribution < -0.4 is 0 Å². The summed E-state index contributed by atoms with van der Waals surface area (Å²) in [7, 11) is 0. The van der Waals surface area contributed by atoms with Crippen molar-refractivity contribution in [2.24, 2.45) is 40.4 Å². The van der Waals surface area contributed by atoms with Crippen molar-refractivity contribution in [1.29, 1.82) is 0 Å². The molecule has 2 N–H and O–H groups in total. The van der Waals surface area contributed by atoms with E-state index < -0.39 is 17.9 Å². The minimum atomic E-state index is -4.59. The summed E-state index contributed by atoms with van der Waals surface area (Å²) in [5.41, 5.74) is 1.21. The Balaban J connectivity index is 1.53. The van der Waals surface area contributed by atoms with Crippen molar-refractivity contribution >= 4 is 0 Å². The van der Waals surface area contributed by atoms with Gasteiger partial charge in [0.1, 0.15) is 0 Å². The Morgan fingerprint density at radius 2 is 1.74 bits per heavy atom. The summed E-state index contributed by atoms with van der Waals surface area (Å²) in [6.07, 6.45) is 6.29. The van der Waals surface area contributed by atoms with E-state index in [4.69, 9.17) is 0 Å². The number of hydrogen-bond donors (Lipinski definition) is 2. The zero-order valence-corrected chi connectivity index (χ0v) is 19.4. The van der Waals surface area contributed by atoms with E-state index >= 15 is 0 Å². The average molecular weight is 441 g/mol. The molecule has 2 unspecified atom stereocenters. The second kappa shape index (κ2) is 7.62. The van der Waals surface area contributed by atoms with Crippen LogP contribution in [0.3, 0.4) is 0 Å². The fraction of sp³-hybridized carbons (Fsp3) is 0.846. The number of halogens is 3. The van der Waals surface area contributed by atoms with Gasteiger partial charge in [-0.25, -0.2) is 0 Å². The number of hydrogen-bond acceptors (Lipinski definition) is 2. The topological polar surface area (TPSA) is 40.5 Å². The number of alkyl halides is 3. The molecule has 3 fully saturated rings. The van der Waals surface area contributed by atoms with E-state index in [0.29, 0.717) is 23.7 Å². The summed E-state index contributed by atoms with van der Waals surface area (Å²) in [5, 5.41) is 20.0. The third-order valence-corrected chi connectivity index (χ3v) is 10.0. The van der Waals surface area contributed by atoms with Crippen LogP contribution in [0.2, 0.25) is 0 Å². The largest absolute Gasteiger partial charge is 0.417 e. The molecule has 0 aromatic heterocycles. The van der Waals surface area contributed by atoms with Crippen molar-refractivity contribution in [2.45, 2.75) is 96.9 Å². The molecule has 0 aromatic rings. The lowest BCUT2D eigenvalue weighted by Crippen LogP contribution is -2.52. The summed E-state index contributed by atoms with van der Waals surface area (Å²) >= 11 is 0. The predicted molar refractivity (Wildman–Crippen MR) is 116 cm³/mol. The Labute approximate surface area is 185 Å². The zero-order chi connectivity index (χ0) is 22.8. The van der Waals surface area contributed by atoms with Gasteiger partial charge in [-0.15, -0.1) is 0 Å². The summed E-state index contributed by atoms with van der Waals surface area (Å²) in [5.74, 6) is 2.28. The molecule has 0 radical (unpaired) electrons. The lowest BCUT2D eigenvalue weighted by molar-refractivity contribution is -0.187.